The van der Waals surface area contributed by atoms with Crippen molar-refractivity contribution in [2.75, 3.05) is 11.9 Å². The van der Waals surface area contributed by atoms with Crippen molar-refractivity contribution in [1.29, 1.82) is 0 Å². The van der Waals surface area contributed by atoms with Crippen LogP contribution in [-0.2, 0) is 10.9 Å². The van der Waals surface area contributed by atoms with Gasteiger partial charge in [0.15, 0.2) is 0 Å². The predicted octanol–water partition coefficient (Wildman–Crippen LogP) is 5.40. The molecule has 2 aliphatic rings. The van der Waals surface area contributed by atoms with Crippen LogP contribution in [0.3, 0.4) is 0 Å². The van der Waals surface area contributed by atoms with E-state index in [-0.39, 0.29) is 18.1 Å². The van der Waals surface area contributed by atoms with Crippen molar-refractivity contribution in [2.45, 2.75) is 57.9 Å². The Balaban J connectivity index is 2.00. The predicted molar refractivity (Wildman–Crippen MR) is 84.3 cm³/mol. The number of hydrogen-bond donors (Lipinski definition) is 1. The molecule has 128 valence electrons. The van der Waals surface area contributed by atoms with E-state index < -0.39 is 11.7 Å². The summed E-state index contributed by atoms with van der Waals surface area (Å²) in [6, 6.07) is 4.29. The Kier molecular flexibility index (Phi) is 4.59. The van der Waals surface area contributed by atoms with Crippen molar-refractivity contribution in [3.8, 4) is 0 Å². The minimum absolute atomic E-state index is 0.215. The highest BCUT2D eigenvalue weighted by Gasteiger charge is 2.42. The Labute approximate surface area is 135 Å². The van der Waals surface area contributed by atoms with Crippen LogP contribution < -0.4 is 5.32 Å². The molecule has 2 aliphatic heterocycles. The van der Waals surface area contributed by atoms with Crippen molar-refractivity contribution in [1.82, 2.24) is 0 Å². The Morgan fingerprint density at radius 3 is 2.65 bits per heavy atom. The fraction of sp³-hybridized carbons (Fsp3) is 0.667. The highest BCUT2D eigenvalue weighted by Crippen LogP contribution is 2.47. The SMILES string of the molecule is CCC(CC)[C@H]1Nc2ccc(C(F)(F)F)cc2[C@H]2OCCC[C@H]21. The molecule has 0 spiro atoms. The summed E-state index contributed by atoms with van der Waals surface area (Å²) in [6.45, 7) is 4.99. The number of hydrogen-bond acceptors (Lipinski definition) is 2. The summed E-state index contributed by atoms with van der Waals surface area (Å²) in [6.07, 6.45) is -0.415. The molecule has 0 aliphatic carbocycles. The molecule has 1 aromatic carbocycles. The Morgan fingerprint density at radius 2 is 2.00 bits per heavy atom. The summed E-state index contributed by atoms with van der Waals surface area (Å²) in [5.41, 5.74) is 0.886. The van der Waals surface area contributed by atoms with Gasteiger partial charge in [-0.25, -0.2) is 0 Å². The van der Waals surface area contributed by atoms with Gasteiger partial charge >= 0.3 is 6.18 Å². The van der Waals surface area contributed by atoms with Gasteiger partial charge < -0.3 is 10.1 Å². The smallest absolute Gasteiger partial charge is 0.381 e. The van der Waals surface area contributed by atoms with Crippen LogP contribution >= 0.6 is 0 Å². The number of benzene rings is 1. The average Bonchev–Trinajstić information content (AvgIpc) is 2.54. The summed E-state index contributed by atoms with van der Waals surface area (Å²) < 4.78 is 45.0. The molecule has 1 N–H and O–H groups in total. The molecule has 5 heteroatoms. The van der Waals surface area contributed by atoms with E-state index >= 15 is 0 Å². The van der Waals surface area contributed by atoms with Crippen LogP contribution in [0.25, 0.3) is 0 Å². The number of rotatable bonds is 3. The third-order valence-corrected chi connectivity index (χ3v) is 5.39. The van der Waals surface area contributed by atoms with Crippen molar-refractivity contribution >= 4 is 5.69 Å². The fourth-order valence-electron chi connectivity index (χ4n) is 4.15. The highest BCUT2D eigenvalue weighted by molar-refractivity contribution is 5.57. The molecule has 3 rings (SSSR count). The van der Waals surface area contributed by atoms with Gasteiger partial charge in [-0.3, -0.25) is 0 Å². The molecule has 0 saturated carbocycles. The summed E-state index contributed by atoms with van der Waals surface area (Å²) in [4.78, 5) is 0. The van der Waals surface area contributed by atoms with E-state index in [1.165, 1.54) is 12.1 Å². The van der Waals surface area contributed by atoms with Gasteiger partial charge in [0.25, 0.3) is 0 Å². The minimum atomic E-state index is -4.31. The number of halogens is 3. The molecule has 0 aromatic heterocycles. The second-order valence-electron chi connectivity index (χ2n) is 6.64. The molecule has 0 amide bonds. The van der Waals surface area contributed by atoms with Crippen molar-refractivity contribution in [2.24, 2.45) is 11.8 Å². The molecule has 3 atom stereocenters. The lowest BCUT2D eigenvalue weighted by Crippen LogP contribution is -2.45. The van der Waals surface area contributed by atoms with E-state index in [2.05, 4.69) is 19.2 Å². The van der Waals surface area contributed by atoms with Crippen LogP contribution in [0.2, 0.25) is 0 Å². The Hall–Kier alpha value is -1.23. The number of alkyl halides is 3. The third kappa shape index (κ3) is 3.08. The Bertz CT molecular complexity index is 554. The maximum Gasteiger partial charge on any atom is 0.416 e. The first-order chi connectivity index (χ1) is 11.0. The fourth-order valence-corrected chi connectivity index (χ4v) is 4.15. The average molecular weight is 327 g/mol. The number of nitrogens with one attached hydrogen (secondary N) is 1. The standard InChI is InChI=1S/C18H24F3NO/c1-3-11(4-2)16-13-6-5-9-23-17(13)14-10-12(18(19,20)21)7-8-15(14)22-16/h7-8,10-11,13,16-17,22H,3-6,9H2,1-2H3/t13-,16+,17-/m0/s1. The van der Waals surface area contributed by atoms with Gasteiger partial charge in [-0.15, -0.1) is 0 Å². The lowest BCUT2D eigenvalue weighted by molar-refractivity contribution is -0.137. The first kappa shape index (κ1) is 16.6. The highest BCUT2D eigenvalue weighted by atomic mass is 19.4. The molecule has 23 heavy (non-hydrogen) atoms. The summed E-state index contributed by atoms with van der Waals surface area (Å²) >= 11 is 0. The molecular weight excluding hydrogens is 303 g/mol. The normalized spacial score (nSPS) is 27.3. The van der Waals surface area contributed by atoms with E-state index in [1.54, 1.807) is 6.07 Å². The van der Waals surface area contributed by atoms with Crippen molar-refractivity contribution in [3.05, 3.63) is 29.3 Å². The van der Waals surface area contributed by atoms with Gasteiger partial charge in [-0.1, -0.05) is 26.7 Å². The molecular formula is C18H24F3NO. The lowest BCUT2D eigenvalue weighted by Gasteiger charge is -2.46. The Morgan fingerprint density at radius 1 is 1.26 bits per heavy atom. The molecule has 0 unspecified atom stereocenters. The van der Waals surface area contributed by atoms with Gasteiger partial charge in [0.2, 0.25) is 0 Å². The van der Waals surface area contributed by atoms with Gasteiger partial charge in [-0.2, -0.15) is 13.2 Å². The third-order valence-electron chi connectivity index (χ3n) is 5.39. The van der Waals surface area contributed by atoms with Gasteiger partial charge in [0, 0.05) is 29.8 Å². The van der Waals surface area contributed by atoms with Crippen LogP contribution in [0.4, 0.5) is 18.9 Å². The van der Waals surface area contributed by atoms with Gasteiger partial charge in [0.1, 0.15) is 0 Å². The summed E-state index contributed by atoms with van der Waals surface area (Å²) in [7, 11) is 0. The summed E-state index contributed by atoms with van der Waals surface area (Å²) in [5, 5.41) is 3.53. The van der Waals surface area contributed by atoms with Crippen LogP contribution in [0, 0.1) is 11.8 Å². The van der Waals surface area contributed by atoms with Crippen LogP contribution in [-0.4, -0.2) is 12.6 Å². The maximum atomic E-state index is 13.0. The molecule has 2 nitrogen and oxygen atoms in total. The molecule has 0 radical (unpaired) electrons. The topological polar surface area (TPSA) is 21.3 Å². The van der Waals surface area contributed by atoms with E-state index in [4.69, 9.17) is 4.74 Å². The van der Waals surface area contributed by atoms with E-state index in [1.807, 2.05) is 0 Å². The monoisotopic (exact) mass is 327 g/mol. The summed E-state index contributed by atoms with van der Waals surface area (Å²) in [5.74, 6) is 0.768. The van der Waals surface area contributed by atoms with Gasteiger partial charge in [0.05, 0.1) is 11.7 Å². The second-order valence-corrected chi connectivity index (χ2v) is 6.64. The van der Waals surface area contributed by atoms with E-state index in [0.29, 0.717) is 18.1 Å². The van der Waals surface area contributed by atoms with E-state index in [9.17, 15) is 13.2 Å². The number of fused-ring (bicyclic) bond motifs is 3. The van der Waals surface area contributed by atoms with Crippen molar-refractivity contribution in [3.63, 3.8) is 0 Å². The first-order valence-electron chi connectivity index (χ1n) is 8.55. The second kappa shape index (κ2) is 6.34. The number of anilines is 1. The molecule has 2 heterocycles. The van der Waals surface area contributed by atoms with Crippen molar-refractivity contribution < 1.29 is 17.9 Å². The number of ether oxygens (including phenoxy) is 1. The molecule has 0 bridgehead atoms. The van der Waals surface area contributed by atoms with Crippen LogP contribution in [0.5, 0.6) is 0 Å². The largest absolute Gasteiger partial charge is 0.416 e. The van der Waals surface area contributed by atoms with Gasteiger partial charge in [-0.05, 0) is 37.0 Å². The first-order valence-corrected chi connectivity index (χ1v) is 8.55. The zero-order valence-corrected chi connectivity index (χ0v) is 13.6. The zero-order valence-electron chi connectivity index (χ0n) is 13.6. The van der Waals surface area contributed by atoms with Crippen LogP contribution in [0.1, 0.15) is 56.8 Å². The van der Waals surface area contributed by atoms with Crippen LogP contribution in [0.15, 0.2) is 18.2 Å². The molecule has 1 aromatic rings. The minimum Gasteiger partial charge on any atom is -0.381 e. The quantitative estimate of drug-likeness (QED) is 0.802. The maximum absolute atomic E-state index is 13.0. The molecule has 1 fully saturated rings. The molecule has 1 saturated heterocycles. The van der Waals surface area contributed by atoms with E-state index in [0.717, 1.165) is 31.4 Å². The zero-order chi connectivity index (χ0) is 16.6. The lowest BCUT2D eigenvalue weighted by atomic mass is 9.73.